The second-order valence-corrected chi connectivity index (χ2v) is 9.56. The van der Waals surface area contributed by atoms with E-state index in [4.69, 9.17) is 4.74 Å². The standard InChI is InChI=1S/C28H32FN3O2/c1-19(31-28(33)22-9-11-23(12-10-22)32-15-17-34-18-16-32)20-5-7-21(8-6-20)24-13-14-30-27-25(24)3-2-4-26(27)29/h2-4,9-14,19-21H,5-8,15-18H2,1H3,(H,31,33)/t19-,20?,21?/m1/s1. The number of morpholine rings is 1. The fourth-order valence-corrected chi connectivity index (χ4v) is 5.50. The number of anilines is 1. The van der Waals surface area contributed by atoms with Gasteiger partial charge in [0.25, 0.3) is 5.91 Å². The Kier molecular flexibility index (Phi) is 6.77. The number of aromatic nitrogens is 1. The van der Waals surface area contributed by atoms with Gasteiger partial charge in [-0.3, -0.25) is 9.78 Å². The maximum Gasteiger partial charge on any atom is 0.251 e. The van der Waals surface area contributed by atoms with E-state index >= 15 is 0 Å². The van der Waals surface area contributed by atoms with Crippen molar-refractivity contribution in [2.75, 3.05) is 31.2 Å². The molecule has 1 atom stereocenters. The summed E-state index contributed by atoms with van der Waals surface area (Å²) in [6.07, 6.45) is 5.88. The second kappa shape index (κ2) is 10.1. The van der Waals surface area contributed by atoms with Crippen molar-refractivity contribution in [2.45, 2.75) is 44.6 Å². The van der Waals surface area contributed by atoms with E-state index in [1.807, 2.05) is 36.4 Å². The van der Waals surface area contributed by atoms with Crippen LogP contribution in [0.25, 0.3) is 10.9 Å². The van der Waals surface area contributed by atoms with Gasteiger partial charge in [-0.2, -0.15) is 0 Å². The Balaban J connectivity index is 1.17. The lowest BCUT2D eigenvalue weighted by atomic mass is 9.75. The number of rotatable bonds is 5. The Morgan fingerprint density at radius 1 is 1.06 bits per heavy atom. The third-order valence-corrected chi connectivity index (χ3v) is 7.54. The quantitative estimate of drug-likeness (QED) is 0.560. The highest BCUT2D eigenvalue weighted by Crippen LogP contribution is 2.39. The third-order valence-electron chi connectivity index (χ3n) is 7.54. The van der Waals surface area contributed by atoms with Gasteiger partial charge in [0.1, 0.15) is 11.3 Å². The molecule has 2 aromatic carbocycles. The molecule has 1 amide bonds. The highest BCUT2D eigenvalue weighted by Gasteiger charge is 2.28. The van der Waals surface area contributed by atoms with Crippen LogP contribution in [0.15, 0.2) is 54.7 Å². The molecule has 0 unspecified atom stereocenters. The van der Waals surface area contributed by atoms with Crippen molar-refractivity contribution >= 4 is 22.5 Å². The number of hydrogen-bond acceptors (Lipinski definition) is 4. The van der Waals surface area contributed by atoms with Crippen LogP contribution in [-0.2, 0) is 4.74 Å². The van der Waals surface area contributed by atoms with Crippen LogP contribution < -0.4 is 10.2 Å². The van der Waals surface area contributed by atoms with Crippen LogP contribution in [0.4, 0.5) is 10.1 Å². The smallest absolute Gasteiger partial charge is 0.251 e. The van der Waals surface area contributed by atoms with E-state index < -0.39 is 0 Å². The summed E-state index contributed by atoms with van der Waals surface area (Å²) < 4.78 is 19.6. The average Bonchev–Trinajstić information content (AvgIpc) is 2.89. The number of carbonyl (C=O) groups excluding carboxylic acids is 1. The summed E-state index contributed by atoms with van der Waals surface area (Å²) in [5.41, 5.74) is 3.49. The number of nitrogens with one attached hydrogen (secondary N) is 1. The molecule has 34 heavy (non-hydrogen) atoms. The predicted molar refractivity (Wildman–Crippen MR) is 133 cm³/mol. The molecule has 1 N–H and O–H groups in total. The topological polar surface area (TPSA) is 54.5 Å². The minimum absolute atomic E-state index is 0.0150. The fourth-order valence-electron chi connectivity index (χ4n) is 5.50. The first kappa shape index (κ1) is 22.8. The van der Waals surface area contributed by atoms with Crippen molar-refractivity contribution in [3.05, 3.63) is 71.7 Å². The summed E-state index contributed by atoms with van der Waals surface area (Å²) in [6.45, 7) is 5.37. The minimum atomic E-state index is -0.262. The predicted octanol–water partition coefficient (Wildman–Crippen LogP) is 5.30. The molecule has 1 saturated heterocycles. The van der Waals surface area contributed by atoms with Crippen molar-refractivity contribution in [2.24, 2.45) is 5.92 Å². The lowest BCUT2D eigenvalue weighted by Gasteiger charge is -2.33. The van der Waals surface area contributed by atoms with Crippen LogP contribution in [0.2, 0.25) is 0 Å². The zero-order valence-corrected chi connectivity index (χ0v) is 19.7. The number of ether oxygens (including phenoxy) is 1. The molecule has 2 heterocycles. The Bertz CT molecular complexity index is 1140. The van der Waals surface area contributed by atoms with Gasteiger partial charge in [0.2, 0.25) is 0 Å². The van der Waals surface area contributed by atoms with Crippen LogP contribution in [-0.4, -0.2) is 43.2 Å². The maximum absolute atomic E-state index is 14.2. The number of halogens is 1. The van der Waals surface area contributed by atoms with E-state index in [9.17, 15) is 9.18 Å². The van der Waals surface area contributed by atoms with Crippen molar-refractivity contribution in [1.29, 1.82) is 0 Å². The van der Waals surface area contributed by atoms with Crippen LogP contribution in [0.3, 0.4) is 0 Å². The summed E-state index contributed by atoms with van der Waals surface area (Å²) in [6, 6.07) is 15.2. The number of amides is 1. The van der Waals surface area contributed by atoms with Crippen LogP contribution in [0.1, 0.15) is 54.4 Å². The molecule has 3 aromatic rings. The summed E-state index contributed by atoms with van der Waals surface area (Å²) >= 11 is 0. The van der Waals surface area contributed by atoms with E-state index in [-0.39, 0.29) is 17.8 Å². The van der Waals surface area contributed by atoms with Gasteiger partial charge in [-0.1, -0.05) is 12.1 Å². The Morgan fingerprint density at radius 3 is 2.53 bits per heavy atom. The van der Waals surface area contributed by atoms with Gasteiger partial charge in [0, 0.05) is 42.0 Å². The number of pyridine rings is 1. The van der Waals surface area contributed by atoms with E-state index in [1.54, 1.807) is 12.3 Å². The number of fused-ring (bicyclic) bond motifs is 1. The highest BCUT2D eigenvalue weighted by atomic mass is 19.1. The van der Waals surface area contributed by atoms with Crippen molar-refractivity contribution in [3.63, 3.8) is 0 Å². The molecule has 2 aliphatic rings. The van der Waals surface area contributed by atoms with Crippen LogP contribution in [0, 0.1) is 11.7 Å². The zero-order valence-electron chi connectivity index (χ0n) is 19.7. The molecule has 0 radical (unpaired) electrons. The van der Waals surface area contributed by atoms with Gasteiger partial charge in [-0.05, 0) is 86.4 Å². The summed E-state index contributed by atoms with van der Waals surface area (Å²) in [7, 11) is 0. The molecular formula is C28H32FN3O2. The first-order chi connectivity index (χ1) is 16.6. The van der Waals surface area contributed by atoms with Gasteiger partial charge in [0.15, 0.2) is 0 Å². The van der Waals surface area contributed by atoms with Gasteiger partial charge in [0.05, 0.1) is 13.2 Å². The largest absolute Gasteiger partial charge is 0.378 e. The molecular weight excluding hydrogens is 429 g/mol. The Morgan fingerprint density at radius 2 is 1.79 bits per heavy atom. The molecule has 1 saturated carbocycles. The van der Waals surface area contributed by atoms with Gasteiger partial charge >= 0.3 is 0 Å². The molecule has 1 aliphatic heterocycles. The molecule has 0 bridgehead atoms. The number of benzene rings is 2. The number of hydrogen-bond donors (Lipinski definition) is 1. The summed E-state index contributed by atoms with van der Waals surface area (Å²) in [4.78, 5) is 19.4. The minimum Gasteiger partial charge on any atom is -0.378 e. The van der Waals surface area contributed by atoms with E-state index in [2.05, 4.69) is 22.1 Å². The maximum atomic E-state index is 14.2. The van der Waals surface area contributed by atoms with E-state index in [1.165, 1.54) is 11.6 Å². The van der Waals surface area contributed by atoms with Gasteiger partial charge in [-0.15, -0.1) is 0 Å². The second-order valence-electron chi connectivity index (χ2n) is 9.56. The first-order valence-electron chi connectivity index (χ1n) is 12.4. The van der Waals surface area contributed by atoms with Crippen molar-refractivity contribution in [1.82, 2.24) is 10.3 Å². The summed E-state index contributed by atoms with van der Waals surface area (Å²) in [5, 5.41) is 4.15. The first-order valence-corrected chi connectivity index (χ1v) is 12.4. The molecule has 178 valence electrons. The lowest BCUT2D eigenvalue weighted by molar-refractivity contribution is 0.0917. The number of carbonyl (C=O) groups is 1. The van der Waals surface area contributed by atoms with Gasteiger partial charge < -0.3 is 15.0 Å². The molecule has 0 spiro atoms. The molecule has 1 aliphatic carbocycles. The van der Waals surface area contributed by atoms with Crippen molar-refractivity contribution in [3.8, 4) is 0 Å². The monoisotopic (exact) mass is 461 g/mol. The van der Waals surface area contributed by atoms with Gasteiger partial charge in [-0.25, -0.2) is 4.39 Å². The fraction of sp³-hybridized carbons (Fsp3) is 0.429. The van der Waals surface area contributed by atoms with Crippen LogP contribution in [0.5, 0.6) is 0 Å². The SMILES string of the molecule is C[C@@H](NC(=O)c1ccc(N2CCOCC2)cc1)C1CCC(c2ccnc3c(F)cccc23)CC1. The van der Waals surface area contributed by atoms with E-state index in [0.29, 0.717) is 22.9 Å². The number of para-hydroxylation sites is 1. The van der Waals surface area contributed by atoms with Crippen LogP contribution >= 0.6 is 0 Å². The number of nitrogens with zero attached hydrogens (tertiary/aromatic N) is 2. The molecule has 5 rings (SSSR count). The van der Waals surface area contributed by atoms with E-state index in [0.717, 1.165) is 63.1 Å². The molecule has 2 fully saturated rings. The Hall–Kier alpha value is -2.99. The zero-order chi connectivity index (χ0) is 23.5. The molecule has 1 aromatic heterocycles. The Labute approximate surface area is 200 Å². The normalized spacial score (nSPS) is 21.9. The lowest BCUT2D eigenvalue weighted by Crippen LogP contribution is -2.39. The summed E-state index contributed by atoms with van der Waals surface area (Å²) in [5.74, 6) is 0.568. The molecule has 6 heteroatoms. The molecule has 5 nitrogen and oxygen atoms in total. The third kappa shape index (κ3) is 4.78. The van der Waals surface area contributed by atoms with Crippen molar-refractivity contribution < 1.29 is 13.9 Å². The highest BCUT2D eigenvalue weighted by molar-refractivity contribution is 5.94. The average molecular weight is 462 g/mol.